The Hall–Kier alpha value is -1.91. The minimum atomic E-state index is -0.500. The fourth-order valence-electron chi connectivity index (χ4n) is 11.1. The first kappa shape index (κ1) is 43.5. The third-order valence-electron chi connectivity index (χ3n) is 13.9. The zero-order valence-electron chi connectivity index (χ0n) is 34.3. The molecular formula is C46H79NO4. The summed E-state index contributed by atoms with van der Waals surface area (Å²) in [4.78, 5) is 21.1. The maximum atomic E-state index is 12.8. The van der Waals surface area contributed by atoms with Crippen LogP contribution in [0.25, 0.3) is 0 Å². The highest BCUT2D eigenvalue weighted by molar-refractivity contribution is 5.69. The van der Waals surface area contributed by atoms with Gasteiger partial charge in [0.15, 0.2) is 7.05 Å². The Morgan fingerprint density at radius 3 is 2.24 bits per heavy atom. The molecule has 0 aliphatic heterocycles. The van der Waals surface area contributed by atoms with Gasteiger partial charge in [-0.05, 0) is 130 Å². The number of unbranched alkanes of at least 4 members (excludes halogenated alkanes) is 8. The van der Waals surface area contributed by atoms with E-state index < -0.39 is 4.92 Å². The van der Waals surface area contributed by atoms with E-state index in [2.05, 4.69) is 71.9 Å². The number of carbonyl (C=O) groups excluding carboxylic acids is 1. The summed E-state index contributed by atoms with van der Waals surface area (Å²) in [6.45, 7) is 14.9. The Morgan fingerprint density at radius 1 is 0.882 bits per heavy atom. The molecule has 3 fully saturated rings. The van der Waals surface area contributed by atoms with E-state index in [1.165, 1.54) is 109 Å². The number of nitro groups is 1. The Balaban J connectivity index is 0.00000166. The third kappa shape index (κ3) is 13.5. The van der Waals surface area contributed by atoms with Crippen LogP contribution >= 0.6 is 0 Å². The maximum absolute atomic E-state index is 12.8. The fraction of sp³-hybridized carbons (Fsp3) is 0.848. The predicted octanol–water partition coefficient (Wildman–Crippen LogP) is 13.6. The number of ether oxygens (including phenoxy) is 1. The number of esters is 1. The van der Waals surface area contributed by atoms with Crippen LogP contribution in [0.1, 0.15) is 189 Å². The summed E-state index contributed by atoms with van der Waals surface area (Å²) in [7, 11) is 0.889. The molecule has 0 saturated heterocycles. The molecule has 0 aromatic carbocycles. The van der Waals surface area contributed by atoms with E-state index >= 15 is 0 Å². The van der Waals surface area contributed by atoms with Crippen LogP contribution in [0, 0.1) is 56.5 Å². The molecular weight excluding hydrogens is 631 g/mol. The highest BCUT2D eigenvalue weighted by Gasteiger charge is 2.59. The average molecular weight is 710 g/mol. The zero-order chi connectivity index (χ0) is 37.3. The number of rotatable bonds is 20. The second kappa shape index (κ2) is 22.3. The molecule has 5 nitrogen and oxygen atoms in total. The van der Waals surface area contributed by atoms with Crippen molar-refractivity contribution in [1.29, 1.82) is 0 Å². The normalized spacial score (nSPS) is 30.7. The molecule has 5 heteroatoms. The number of hydrogen-bond donors (Lipinski definition) is 0. The summed E-state index contributed by atoms with van der Waals surface area (Å²) < 4.78 is 6.12. The van der Waals surface area contributed by atoms with Crippen LogP contribution in [0.15, 0.2) is 36.0 Å². The van der Waals surface area contributed by atoms with E-state index in [0.29, 0.717) is 17.3 Å². The van der Waals surface area contributed by atoms with Crippen molar-refractivity contribution in [3.05, 3.63) is 46.1 Å². The predicted molar refractivity (Wildman–Crippen MR) is 215 cm³/mol. The summed E-state index contributed by atoms with van der Waals surface area (Å²) >= 11 is 0. The van der Waals surface area contributed by atoms with E-state index in [9.17, 15) is 4.79 Å². The molecule has 0 N–H and O–H groups in total. The lowest BCUT2D eigenvalue weighted by Crippen LogP contribution is -2.51. The van der Waals surface area contributed by atoms with Crippen LogP contribution in [0.3, 0.4) is 0 Å². The lowest BCUT2D eigenvalue weighted by Gasteiger charge is -2.58. The molecule has 4 aliphatic carbocycles. The molecule has 0 radical (unpaired) electrons. The van der Waals surface area contributed by atoms with Crippen LogP contribution in [-0.2, 0) is 9.53 Å². The molecule has 4 rings (SSSR count). The van der Waals surface area contributed by atoms with Gasteiger partial charge in [0, 0.05) is 17.8 Å². The first-order valence-corrected chi connectivity index (χ1v) is 21.7. The lowest BCUT2D eigenvalue weighted by atomic mass is 9.47. The van der Waals surface area contributed by atoms with Crippen molar-refractivity contribution in [2.45, 2.75) is 195 Å². The number of fused-ring (bicyclic) bond motifs is 5. The first-order chi connectivity index (χ1) is 24.4. The van der Waals surface area contributed by atoms with Crippen LogP contribution in [0.4, 0.5) is 0 Å². The molecule has 8 atom stereocenters. The topological polar surface area (TPSA) is 69.4 Å². The van der Waals surface area contributed by atoms with Crippen LogP contribution in [0.2, 0.25) is 0 Å². The van der Waals surface area contributed by atoms with Gasteiger partial charge >= 0.3 is 5.97 Å². The van der Waals surface area contributed by atoms with Crippen LogP contribution < -0.4 is 0 Å². The summed E-state index contributed by atoms with van der Waals surface area (Å²) in [5, 5.41) is 8.81. The Bertz CT molecular complexity index is 1120. The smallest absolute Gasteiger partial charge is 0.306 e. The summed E-state index contributed by atoms with van der Waals surface area (Å²) in [5.41, 5.74) is 2.52. The molecule has 292 valence electrons. The van der Waals surface area contributed by atoms with Crippen molar-refractivity contribution in [3.63, 3.8) is 0 Å². The minimum Gasteiger partial charge on any atom is -0.462 e. The zero-order valence-corrected chi connectivity index (χ0v) is 34.3. The number of carbonyl (C=O) groups is 1. The van der Waals surface area contributed by atoms with Crippen LogP contribution in [0.5, 0.6) is 0 Å². The molecule has 0 amide bonds. The minimum absolute atomic E-state index is 0.0477. The highest BCUT2D eigenvalue weighted by atomic mass is 16.6. The first-order valence-electron chi connectivity index (χ1n) is 21.7. The van der Waals surface area contributed by atoms with Gasteiger partial charge in [-0.2, -0.15) is 0 Å². The Labute approximate surface area is 314 Å². The van der Waals surface area contributed by atoms with Gasteiger partial charge in [-0.25, -0.2) is 0 Å². The van der Waals surface area contributed by atoms with Crippen molar-refractivity contribution < 1.29 is 14.5 Å². The third-order valence-corrected chi connectivity index (χ3v) is 13.9. The molecule has 0 bridgehead atoms. The summed E-state index contributed by atoms with van der Waals surface area (Å²) in [6.07, 6.45) is 40.5. The number of hydrogen-bond acceptors (Lipinski definition) is 4. The van der Waals surface area contributed by atoms with Gasteiger partial charge < -0.3 is 4.74 Å². The van der Waals surface area contributed by atoms with Crippen molar-refractivity contribution >= 4 is 5.97 Å². The number of allylic oxidation sites excluding steroid dienone is 5. The second-order valence-electron chi connectivity index (χ2n) is 18.1. The maximum Gasteiger partial charge on any atom is 0.306 e. The highest BCUT2D eigenvalue weighted by Crippen LogP contribution is 2.67. The average Bonchev–Trinajstić information content (AvgIpc) is 3.43. The van der Waals surface area contributed by atoms with E-state index in [1.54, 1.807) is 5.57 Å². The van der Waals surface area contributed by atoms with E-state index in [4.69, 9.17) is 14.9 Å². The van der Waals surface area contributed by atoms with Crippen molar-refractivity contribution in [2.75, 3.05) is 7.05 Å². The van der Waals surface area contributed by atoms with Gasteiger partial charge in [0.2, 0.25) is 0 Å². The van der Waals surface area contributed by atoms with E-state index in [1.807, 2.05) is 0 Å². The van der Waals surface area contributed by atoms with Gasteiger partial charge in [-0.15, -0.1) is 0 Å². The van der Waals surface area contributed by atoms with Crippen molar-refractivity contribution in [1.82, 2.24) is 0 Å². The quantitative estimate of drug-likeness (QED) is 0.0415. The molecule has 5 unspecified atom stereocenters. The van der Waals surface area contributed by atoms with E-state index in [0.717, 1.165) is 74.7 Å². The SMILES string of the molecule is CCCCC/C=C\C/C=C\CCCCCCCC(=O)OC1CC[C@@]2(C)C(=CCC3C4CCC([C@H](C)CCCC(C)C)[C@@]4(C)CCC32)C1.C[N+](=O)[O-]. The van der Waals surface area contributed by atoms with Crippen molar-refractivity contribution in [2.24, 2.45) is 46.3 Å². The van der Waals surface area contributed by atoms with E-state index in [-0.39, 0.29) is 12.1 Å². The van der Waals surface area contributed by atoms with Gasteiger partial charge in [0.1, 0.15) is 6.10 Å². The molecule has 0 aromatic heterocycles. The lowest BCUT2D eigenvalue weighted by molar-refractivity contribution is -0.445. The van der Waals surface area contributed by atoms with Gasteiger partial charge in [-0.3, -0.25) is 14.9 Å². The molecule has 0 aromatic rings. The fourth-order valence-corrected chi connectivity index (χ4v) is 11.1. The van der Waals surface area contributed by atoms with Crippen molar-refractivity contribution in [3.8, 4) is 0 Å². The van der Waals surface area contributed by atoms with Gasteiger partial charge in [0.25, 0.3) is 0 Å². The molecule has 3 saturated carbocycles. The Morgan fingerprint density at radius 2 is 1.55 bits per heavy atom. The molecule has 0 heterocycles. The monoisotopic (exact) mass is 710 g/mol. The van der Waals surface area contributed by atoms with Gasteiger partial charge in [-0.1, -0.05) is 129 Å². The number of nitrogens with zero attached hydrogens (tertiary/aromatic N) is 1. The second-order valence-corrected chi connectivity index (χ2v) is 18.1. The largest absolute Gasteiger partial charge is 0.462 e. The summed E-state index contributed by atoms with van der Waals surface area (Å²) in [6, 6.07) is 0. The molecule has 51 heavy (non-hydrogen) atoms. The molecule has 4 aliphatic rings. The Kier molecular flexibility index (Phi) is 19.1. The molecule has 0 spiro atoms. The summed E-state index contributed by atoms with van der Waals surface area (Å²) in [5.74, 6) is 5.30. The standard InChI is InChI=1S/C45H76O2.CH3NO2/c1-7-8-9-10-11-12-13-14-15-16-17-18-19-20-21-25-43(46)47-38-30-32-44(5)37(34-38)26-27-39-41-29-28-40(36(4)24-22-23-35(2)3)45(41,6)33-31-42(39)44;1-2(3)4/h11-12,14-15,26,35-36,38-42H,7-10,13,16-25,27-34H2,1-6H3;1H3/b12-11-,15-14-;/t36-,38?,39?,40?,41?,42?,44+,45-;/m1./s1. The van der Waals surface area contributed by atoms with Crippen LogP contribution in [-0.4, -0.2) is 24.0 Å². The van der Waals surface area contributed by atoms with Gasteiger partial charge in [0.05, 0.1) is 0 Å².